The van der Waals surface area contributed by atoms with Crippen LogP contribution in [0, 0.1) is 17.0 Å². The number of hydrogen-bond donors (Lipinski definition) is 1. The van der Waals surface area contributed by atoms with Crippen LogP contribution in [0.2, 0.25) is 0 Å². The summed E-state index contributed by atoms with van der Waals surface area (Å²) in [4.78, 5) is 17.0. The number of rotatable bonds is 4. The highest BCUT2D eigenvalue weighted by atomic mass is 19.4. The number of benzene rings is 1. The Balaban J connectivity index is 1.76. The standard InChI is InChI=1S/C22H24F5N3O/c1-21(2,3)20(31)30(4)19(22(25,26)27)18-6-5-14(11-28-18)29-15-7-12-9-16(23)17(24)10-13(12)8-15/h5-6,9-11,15,19,29H,7-8H2,1-4H3/t19-/m0/s1. The van der Waals surface area contributed by atoms with Crippen LogP contribution < -0.4 is 5.32 Å². The first-order valence-electron chi connectivity index (χ1n) is 9.80. The van der Waals surface area contributed by atoms with Crippen molar-refractivity contribution in [2.75, 3.05) is 12.4 Å². The highest BCUT2D eigenvalue weighted by molar-refractivity contribution is 5.81. The summed E-state index contributed by atoms with van der Waals surface area (Å²) in [5.74, 6) is -2.46. The van der Waals surface area contributed by atoms with Gasteiger partial charge in [-0.2, -0.15) is 13.2 Å². The smallest absolute Gasteiger partial charge is 0.380 e. The molecule has 9 heteroatoms. The molecule has 1 heterocycles. The van der Waals surface area contributed by atoms with Crippen LogP contribution in [-0.2, 0) is 17.6 Å². The Bertz CT molecular complexity index is 936. The molecule has 1 aromatic carbocycles. The van der Waals surface area contributed by atoms with E-state index in [0.29, 0.717) is 34.6 Å². The first-order chi connectivity index (χ1) is 14.3. The fourth-order valence-corrected chi connectivity index (χ4v) is 3.83. The Morgan fingerprint density at radius 1 is 1.10 bits per heavy atom. The molecule has 0 aliphatic heterocycles. The zero-order valence-corrected chi connectivity index (χ0v) is 17.6. The number of carbonyl (C=O) groups is 1. The molecule has 4 nitrogen and oxygen atoms in total. The SMILES string of the molecule is CN(C(=O)C(C)(C)C)[C@@H](c1ccc(NC2Cc3cc(F)c(F)cc3C2)cn1)C(F)(F)F. The summed E-state index contributed by atoms with van der Waals surface area (Å²) in [6.45, 7) is 4.66. The molecule has 0 spiro atoms. The molecular formula is C22H24F5N3O. The fourth-order valence-electron chi connectivity index (χ4n) is 3.83. The van der Waals surface area contributed by atoms with Gasteiger partial charge in [0.15, 0.2) is 17.7 Å². The quantitative estimate of drug-likeness (QED) is 0.676. The van der Waals surface area contributed by atoms with E-state index in [1.54, 1.807) is 20.8 Å². The minimum Gasteiger partial charge on any atom is -0.380 e. The largest absolute Gasteiger partial charge is 0.414 e. The van der Waals surface area contributed by atoms with Gasteiger partial charge < -0.3 is 10.2 Å². The highest BCUT2D eigenvalue weighted by Gasteiger charge is 2.47. The van der Waals surface area contributed by atoms with Gasteiger partial charge in [-0.25, -0.2) is 8.78 Å². The molecule has 1 aliphatic carbocycles. The third kappa shape index (κ3) is 4.97. The Morgan fingerprint density at radius 3 is 2.06 bits per heavy atom. The van der Waals surface area contributed by atoms with Gasteiger partial charge in [-0.05, 0) is 48.2 Å². The van der Waals surface area contributed by atoms with Crippen molar-refractivity contribution in [2.24, 2.45) is 5.41 Å². The molecule has 1 aliphatic rings. The average molecular weight is 441 g/mol. The monoisotopic (exact) mass is 441 g/mol. The van der Waals surface area contributed by atoms with Crippen molar-refractivity contribution in [1.29, 1.82) is 0 Å². The van der Waals surface area contributed by atoms with Gasteiger partial charge in [0.2, 0.25) is 5.91 Å². The van der Waals surface area contributed by atoms with Crippen LogP contribution >= 0.6 is 0 Å². The van der Waals surface area contributed by atoms with Crippen molar-refractivity contribution >= 4 is 11.6 Å². The molecule has 0 fully saturated rings. The van der Waals surface area contributed by atoms with E-state index in [4.69, 9.17) is 0 Å². The number of halogens is 5. The molecular weight excluding hydrogens is 417 g/mol. The molecule has 0 radical (unpaired) electrons. The Labute approximate surface area is 177 Å². The number of amides is 1. The lowest BCUT2D eigenvalue weighted by atomic mass is 9.93. The predicted octanol–water partition coefficient (Wildman–Crippen LogP) is 5.05. The van der Waals surface area contributed by atoms with Gasteiger partial charge in [-0.1, -0.05) is 20.8 Å². The summed E-state index contributed by atoms with van der Waals surface area (Å²) in [6, 6.07) is 2.70. The van der Waals surface area contributed by atoms with Crippen molar-refractivity contribution < 1.29 is 26.7 Å². The summed E-state index contributed by atoms with van der Waals surface area (Å²) in [5, 5.41) is 3.14. The number of alkyl halides is 3. The number of nitrogens with one attached hydrogen (secondary N) is 1. The number of nitrogens with zero attached hydrogens (tertiary/aromatic N) is 2. The summed E-state index contributed by atoms with van der Waals surface area (Å²) in [5.41, 5.74) is 0.599. The maximum Gasteiger partial charge on any atom is 0.414 e. The number of aromatic nitrogens is 1. The van der Waals surface area contributed by atoms with Crippen molar-refractivity contribution in [3.63, 3.8) is 0 Å². The molecule has 1 N–H and O–H groups in total. The van der Waals surface area contributed by atoms with E-state index in [9.17, 15) is 26.7 Å². The number of hydrogen-bond acceptors (Lipinski definition) is 3. The zero-order chi connectivity index (χ0) is 23.1. The van der Waals surface area contributed by atoms with Crippen molar-refractivity contribution in [1.82, 2.24) is 9.88 Å². The van der Waals surface area contributed by atoms with Gasteiger partial charge >= 0.3 is 6.18 Å². The van der Waals surface area contributed by atoms with E-state index >= 15 is 0 Å². The van der Waals surface area contributed by atoms with Crippen LogP contribution in [0.5, 0.6) is 0 Å². The Kier molecular flexibility index (Phi) is 5.99. The van der Waals surface area contributed by atoms with Crippen molar-refractivity contribution in [2.45, 2.75) is 51.9 Å². The maximum absolute atomic E-state index is 13.7. The summed E-state index contributed by atoms with van der Waals surface area (Å²) >= 11 is 0. The van der Waals surface area contributed by atoms with Crippen LogP contribution in [0.4, 0.5) is 27.6 Å². The molecule has 1 aromatic heterocycles. The van der Waals surface area contributed by atoms with Gasteiger partial charge in [0, 0.05) is 18.5 Å². The third-order valence-electron chi connectivity index (χ3n) is 5.27. The van der Waals surface area contributed by atoms with Gasteiger partial charge in [0.05, 0.1) is 17.6 Å². The van der Waals surface area contributed by atoms with E-state index in [2.05, 4.69) is 10.3 Å². The van der Waals surface area contributed by atoms with Gasteiger partial charge in [0.1, 0.15) is 0 Å². The summed E-state index contributed by atoms with van der Waals surface area (Å²) in [6.07, 6.45) is -2.50. The van der Waals surface area contributed by atoms with Crippen LogP contribution in [0.25, 0.3) is 0 Å². The van der Waals surface area contributed by atoms with Crippen molar-refractivity contribution in [3.05, 3.63) is 58.9 Å². The minimum atomic E-state index is -4.70. The lowest BCUT2D eigenvalue weighted by molar-refractivity contribution is -0.192. The second kappa shape index (κ2) is 8.09. The van der Waals surface area contributed by atoms with Crippen LogP contribution in [0.15, 0.2) is 30.5 Å². The molecule has 31 heavy (non-hydrogen) atoms. The summed E-state index contributed by atoms with van der Waals surface area (Å²) in [7, 11) is 1.12. The number of fused-ring (bicyclic) bond motifs is 1. The maximum atomic E-state index is 13.7. The number of pyridine rings is 1. The summed E-state index contributed by atoms with van der Waals surface area (Å²) < 4.78 is 68.0. The van der Waals surface area contributed by atoms with Crippen LogP contribution in [0.3, 0.4) is 0 Å². The van der Waals surface area contributed by atoms with Gasteiger partial charge in [-0.3, -0.25) is 9.78 Å². The molecule has 2 aromatic rings. The first kappa shape index (κ1) is 23.0. The third-order valence-corrected chi connectivity index (χ3v) is 5.27. The van der Waals surface area contributed by atoms with Crippen LogP contribution in [-0.4, -0.2) is 35.1 Å². The number of anilines is 1. The molecule has 1 amide bonds. The van der Waals surface area contributed by atoms with E-state index in [0.717, 1.165) is 7.05 Å². The van der Waals surface area contributed by atoms with E-state index < -0.39 is 35.2 Å². The molecule has 3 rings (SSSR count). The Morgan fingerprint density at radius 2 is 1.65 bits per heavy atom. The molecule has 0 unspecified atom stereocenters. The molecule has 0 saturated heterocycles. The first-order valence-corrected chi connectivity index (χ1v) is 9.80. The van der Waals surface area contributed by atoms with E-state index in [1.165, 1.54) is 30.5 Å². The Hall–Kier alpha value is -2.71. The highest BCUT2D eigenvalue weighted by Crippen LogP contribution is 2.38. The van der Waals surface area contributed by atoms with Gasteiger partial charge in [-0.15, -0.1) is 0 Å². The fraction of sp³-hybridized carbons (Fsp3) is 0.455. The molecule has 0 saturated carbocycles. The second-order valence-electron chi connectivity index (χ2n) is 8.87. The van der Waals surface area contributed by atoms with Crippen molar-refractivity contribution in [3.8, 4) is 0 Å². The number of carbonyl (C=O) groups excluding carboxylic acids is 1. The average Bonchev–Trinajstić information content (AvgIpc) is 3.02. The predicted molar refractivity (Wildman–Crippen MR) is 106 cm³/mol. The van der Waals surface area contributed by atoms with E-state index in [-0.39, 0.29) is 11.7 Å². The minimum absolute atomic E-state index is 0.160. The van der Waals surface area contributed by atoms with Crippen LogP contribution in [0.1, 0.15) is 43.6 Å². The topological polar surface area (TPSA) is 45.2 Å². The molecule has 168 valence electrons. The lowest BCUT2D eigenvalue weighted by Gasteiger charge is -2.33. The zero-order valence-electron chi connectivity index (χ0n) is 17.6. The second-order valence-corrected chi connectivity index (χ2v) is 8.87. The van der Waals surface area contributed by atoms with Gasteiger partial charge in [0.25, 0.3) is 0 Å². The van der Waals surface area contributed by atoms with E-state index in [1.807, 2.05) is 0 Å². The molecule has 0 bridgehead atoms. The lowest BCUT2D eigenvalue weighted by Crippen LogP contribution is -2.44. The normalized spacial score (nSPS) is 15.5. The molecule has 1 atom stereocenters.